The van der Waals surface area contributed by atoms with Gasteiger partial charge < -0.3 is 11.1 Å². The molecule has 0 saturated heterocycles. The number of nitrogens with two attached hydrogens (primary N) is 1. The van der Waals surface area contributed by atoms with Gasteiger partial charge in [-0.25, -0.2) is 0 Å². The molecular formula is C15H32N2. The van der Waals surface area contributed by atoms with Crippen molar-refractivity contribution in [2.24, 2.45) is 17.1 Å². The Balaban J connectivity index is 1.98. The van der Waals surface area contributed by atoms with Gasteiger partial charge in [0.05, 0.1) is 0 Å². The van der Waals surface area contributed by atoms with Crippen molar-refractivity contribution in [1.29, 1.82) is 0 Å². The fourth-order valence-corrected chi connectivity index (χ4v) is 2.78. The number of hydrogen-bond donors (Lipinski definition) is 2. The second-order valence-electron chi connectivity index (χ2n) is 5.90. The van der Waals surface area contributed by atoms with Crippen LogP contribution in [-0.2, 0) is 0 Å². The average molecular weight is 240 g/mol. The SMILES string of the molecule is CCCC(CCN)CCCNCC1(CC)CC1. The maximum absolute atomic E-state index is 5.66. The van der Waals surface area contributed by atoms with Gasteiger partial charge in [-0.3, -0.25) is 0 Å². The maximum atomic E-state index is 5.66. The second-order valence-corrected chi connectivity index (χ2v) is 5.90. The molecule has 1 rings (SSSR count). The first-order valence-electron chi connectivity index (χ1n) is 7.67. The van der Waals surface area contributed by atoms with Crippen LogP contribution in [0.15, 0.2) is 0 Å². The lowest BCUT2D eigenvalue weighted by Crippen LogP contribution is -2.25. The predicted octanol–water partition coefficient (Wildman–Crippen LogP) is 3.31. The van der Waals surface area contributed by atoms with Crippen LogP contribution >= 0.6 is 0 Å². The smallest absolute Gasteiger partial charge is 0.000771 e. The Bertz CT molecular complexity index is 181. The van der Waals surface area contributed by atoms with Crippen molar-refractivity contribution in [3.05, 3.63) is 0 Å². The topological polar surface area (TPSA) is 38.0 Å². The average Bonchev–Trinajstić information content (AvgIpc) is 3.10. The Morgan fingerprint density at radius 1 is 1.18 bits per heavy atom. The first-order valence-corrected chi connectivity index (χ1v) is 7.67. The minimum absolute atomic E-state index is 0.695. The summed E-state index contributed by atoms with van der Waals surface area (Å²) < 4.78 is 0. The van der Waals surface area contributed by atoms with E-state index in [9.17, 15) is 0 Å². The molecule has 0 amide bonds. The Labute approximate surface area is 108 Å². The maximum Gasteiger partial charge on any atom is 0.000771 e. The summed E-state index contributed by atoms with van der Waals surface area (Å²) in [6.45, 7) is 7.91. The highest BCUT2D eigenvalue weighted by atomic mass is 14.9. The molecule has 102 valence electrons. The third-order valence-electron chi connectivity index (χ3n) is 4.44. The van der Waals surface area contributed by atoms with Gasteiger partial charge in [0.1, 0.15) is 0 Å². The van der Waals surface area contributed by atoms with E-state index < -0.39 is 0 Å². The summed E-state index contributed by atoms with van der Waals surface area (Å²) >= 11 is 0. The van der Waals surface area contributed by atoms with E-state index in [0.717, 1.165) is 12.5 Å². The van der Waals surface area contributed by atoms with Crippen molar-refractivity contribution >= 4 is 0 Å². The number of rotatable bonds is 11. The van der Waals surface area contributed by atoms with Gasteiger partial charge in [-0.1, -0.05) is 26.7 Å². The third kappa shape index (κ3) is 5.87. The van der Waals surface area contributed by atoms with Gasteiger partial charge in [0.25, 0.3) is 0 Å². The van der Waals surface area contributed by atoms with Crippen molar-refractivity contribution in [2.45, 2.75) is 65.2 Å². The zero-order valence-corrected chi connectivity index (χ0v) is 11.9. The van der Waals surface area contributed by atoms with Gasteiger partial charge in [-0.2, -0.15) is 0 Å². The fraction of sp³-hybridized carbons (Fsp3) is 1.00. The third-order valence-corrected chi connectivity index (χ3v) is 4.44. The van der Waals surface area contributed by atoms with Crippen molar-refractivity contribution in [3.8, 4) is 0 Å². The monoisotopic (exact) mass is 240 g/mol. The molecule has 1 fully saturated rings. The minimum Gasteiger partial charge on any atom is -0.330 e. The molecule has 0 aromatic carbocycles. The molecule has 0 bridgehead atoms. The highest BCUT2D eigenvalue weighted by Gasteiger charge is 2.39. The lowest BCUT2D eigenvalue weighted by molar-refractivity contribution is 0.389. The predicted molar refractivity (Wildman–Crippen MR) is 76.1 cm³/mol. The van der Waals surface area contributed by atoms with Crippen LogP contribution < -0.4 is 11.1 Å². The molecule has 0 aromatic heterocycles. The summed E-state index contributed by atoms with van der Waals surface area (Å²) in [6.07, 6.45) is 10.8. The summed E-state index contributed by atoms with van der Waals surface area (Å²) in [5.74, 6) is 0.868. The van der Waals surface area contributed by atoms with Crippen molar-refractivity contribution < 1.29 is 0 Å². The molecule has 1 unspecified atom stereocenters. The summed E-state index contributed by atoms with van der Waals surface area (Å²) in [5.41, 5.74) is 6.35. The van der Waals surface area contributed by atoms with Crippen LogP contribution in [0.25, 0.3) is 0 Å². The van der Waals surface area contributed by atoms with E-state index in [1.165, 1.54) is 64.5 Å². The molecule has 0 aromatic rings. The molecule has 1 aliphatic carbocycles. The van der Waals surface area contributed by atoms with Crippen molar-refractivity contribution in [2.75, 3.05) is 19.6 Å². The molecule has 0 aliphatic heterocycles. The van der Waals surface area contributed by atoms with Gasteiger partial charge in [-0.05, 0) is 62.9 Å². The molecule has 0 heterocycles. The van der Waals surface area contributed by atoms with Gasteiger partial charge in [0, 0.05) is 6.54 Å². The fourth-order valence-electron chi connectivity index (χ4n) is 2.78. The molecule has 1 aliphatic rings. The standard InChI is InChI=1S/C15H32N2/c1-3-6-14(8-11-16)7-5-12-17-13-15(4-2)9-10-15/h14,17H,3-13,16H2,1-2H3. The lowest BCUT2D eigenvalue weighted by Gasteiger charge is -2.16. The Morgan fingerprint density at radius 2 is 1.94 bits per heavy atom. The minimum atomic E-state index is 0.695. The molecular weight excluding hydrogens is 208 g/mol. The van der Waals surface area contributed by atoms with Crippen LogP contribution in [0.4, 0.5) is 0 Å². The summed E-state index contributed by atoms with van der Waals surface area (Å²) in [5, 5.41) is 3.65. The van der Waals surface area contributed by atoms with Crippen LogP contribution in [0.5, 0.6) is 0 Å². The van der Waals surface area contributed by atoms with Crippen LogP contribution in [0.2, 0.25) is 0 Å². The van der Waals surface area contributed by atoms with Gasteiger partial charge in [0.2, 0.25) is 0 Å². The van der Waals surface area contributed by atoms with Crippen LogP contribution in [0, 0.1) is 11.3 Å². The lowest BCUT2D eigenvalue weighted by atomic mass is 9.94. The molecule has 0 spiro atoms. The van der Waals surface area contributed by atoms with E-state index in [0.29, 0.717) is 5.41 Å². The largest absolute Gasteiger partial charge is 0.330 e. The van der Waals surface area contributed by atoms with Gasteiger partial charge in [-0.15, -0.1) is 0 Å². The first kappa shape index (κ1) is 15.0. The zero-order valence-electron chi connectivity index (χ0n) is 11.9. The van der Waals surface area contributed by atoms with E-state index in [1.54, 1.807) is 0 Å². The molecule has 2 nitrogen and oxygen atoms in total. The molecule has 0 radical (unpaired) electrons. The number of nitrogens with one attached hydrogen (secondary N) is 1. The summed E-state index contributed by atoms with van der Waals surface area (Å²) in [4.78, 5) is 0. The summed E-state index contributed by atoms with van der Waals surface area (Å²) in [7, 11) is 0. The van der Waals surface area contributed by atoms with Gasteiger partial charge in [0.15, 0.2) is 0 Å². The zero-order chi connectivity index (χ0) is 12.6. The Morgan fingerprint density at radius 3 is 2.47 bits per heavy atom. The normalized spacial score (nSPS) is 19.2. The van der Waals surface area contributed by atoms with E-state index >= 15 is 0 Å². The van der Waals surface area contributed by atoms with Crippen molar-refractivity contribution in [1.82, 2.24) is 5.32 Å². The molecule has 1 atom stereocenters. The van der Waals surface area contributed by atoms with E-state index in [-0.39, 0.29) is 0 Å². The quantitative estimate of drug-likeness (QED) is 0.544. The van der Waals surface area contributed by atoms with Crippen LogP contribution in [-0.4, -0.2) is 19.6 Å². The Hall–Kier alpha value is -0.0800. The Kier molecular flexibility index (Phi) is 7.14. The second kappa shape index (κ2) is 8.10. The van der Waals surface area contributed by atoms with Crippen LogP contribution in [0.3, 0.4) is 0 Å². The van der Waals surface area contributed by atoms with E-state index in [4.69, 9.17) is 5.73 Å². The van der Waals surface area contributed by atoms with E-state index in [2.05, 4.69) is 19.2 Å². The molecule has 17 heavy (non-hydrogen) atoms. The molecule has 2 heteroatoms. The van der Waals surface area contributed by atoms with E-state index in [1.807, 2.05) is 0 Å². The van der Waals surface area contributed by atoms with Crippen LogP contribution in [0.1, 0.15) is 65.2 Å². The molecule has 3 N–H and O–H groups in total. The number of hydrogen-bond acceptors (Lipinski definition) is 2. The van der Waals surface area contributed by atoms with Crippen molar-refractivity contribution in [3.63, 3.8) is 0 Å². The molecule has 1 saturated carbocycles. The highest BCUT2D eigenvalue weighted by molar-refractivity contribution is 4.93. The summed E-state index contributed by atoms with van der Waals surface area (Å²) in [6, 6.07) is 0. The highest BCUT2D eigenvalue weighted by Crippen LogP contribution is 2.47. The first-order chi connectivity index (χ1) is 8.26. The van der Waals surface area contributed by atoms with Gasteiger partial charge >= 0.3 is 0 Å².